The zero-order chi connectivity index (χ0) is 7.70. The van der Waals surface area contributed by atoms with E-state index in [1.54, 1.807) is 6.92 Å². The summed E-state index contributed by atoms with van der Waals surface area (Å²) in [6, 6.07) is 0. The van der Waals surface area contributed by atoms with Crippen LogP contribution >= 0.6 is 0 Å². The lowest BCUT2D eigenvalue weighted by molar-refractivity contribution is -0.114. The molecule has 0 saturated heterocycles. The third kappa shape index (κ3) is 18.8. The first-order valence-corrected chi connectivity index (χ1v) is 2.76. The first-order valence-electron chi connectivity index (χ1n) is 2.76. The SMILES string of the molecule is CC=O.CCC(O)C=O. The predicted molar refractivity (Wildman–Crippen MR) is 34.1 cm³/mol. The minimum atomic E-state index is -0.745. The lowest BCUT2D eigenvalue weighted by Crippen LogP contribution is -2.03. The average Bonchev–Trinajstić information content (AvgIpc) is 1.88. The van der Waals surface area contributed by atoms with E-state index in [1.165, 1.54) is 6.92 Å². The van der Waals surface area contributed by atoms with Crippen molar-refractivity contribution in [3.8, 4) is 0 Å². The van der Waals surface area contributed by atoms with Crippen molar-refractivity contribution < 1.29 is 14.7 Å². The minimum absolute atomic E-state index is 0.517. The van der Waals surface area contributed by atoms with Crippen molar-refractivity contribution in [2.24, 2.45) is 0 Å². The van der Waals surface area contributed by atoms with Crippen LogP contribution in [0, 0.1) is 0 Å². The summed E-state index contributed by atoms with van der Waals surface area (Å²) in [5.41, 5.74) is 0. The number of carbonyl (C=O) groups is 2. The zero-order valence-corrected chi connectivity index (χ0v) is 5.70. The molecule has 0 amide bonds. The molecule has 1 atom stereocenters. The van der Waals surface area contributed by atoms with Gasteiger partial charge < -0.3 is 14.7 Å². The molecule has 0 fully saturated rings. The van der Waals surface area contributed by atoms with Gasteiger partial charge in [-0.25, -0.2) is 0 Å². The zero-order valence-electron chi connectivity index (χ0n) is 5.70. The Morgan fingerprint density at radius 1 is 1.56 bits per heavy atom. The Morgan fingerprint density at radius 3 is 1.89 bits per heavy atom. The van der Waals surface area contributed by atoms with E-state index in [0.717, 1.165) is 6.29 Å². The van der Waals surface area contributed by atoms with Crippen LogP contribution in [-0.4, -0.2) is 23.8 Å². The highest BCUT2D eigenvalue weighted by Crippen LogP contribution is 1.79. The molecule has 3 nitrogen and oxygen atoms in total. The standard InChI is InChI=1S/C4H8O2.C2H4O/c1-2-4(6)3-5;1-2-3/h3-4,6H,2H2,1H3;2H,1H3. The number of aliphatic hydroxyl groups is 1. The Bertz CT molecular complexity index is 70.7. The molecule has 0 aliphatic heterocycles. The second-order valence-electron chi connectivity index (χ2n) is 1.35. The molecular formula is C6H12O3. The van der Waals surface area contributed by atoms with Crippen molar-refractivity contribution in [3.05, 3.63) is 0 Å². The molecule has 0 spiro atoms. The molecule has 0 rings (SSSR count). The van der Waals surface area contributed by atoms with Crippen LogP contribution in [0.1, 0.15) is 20.3 Å². The van der Waals surface area contributed by atoms with Crippen molar-refractivity contribution in [3.63, 3.8) is 0 Å². The molecule has 3 heteroatoms. The fraction of sp³-hybridized carbons (Fsp3) is 0.667. The van der Waals surface area contributed by atoms with E-state index in [0.29, 0.717) is 12.7 Å². The second kappa shape index (κ2) is 10.3. The van der Waals surface area contributed by atoms with Crippen LogP contribution in [0.5, 0.6) is 0 Å². The number of aliphatic hydroxyl groups excluding tert-OH is 1. The predicted octanol–water partition coefficient (Wildman–Crippen LogP) is 0.161. The molecule has 0 saturated carbocycles. The first kappa shape index (κ1) is 11.1. The number of hydrogen-bond donors (Lipinski definition) is 1. The van der Waals surface area contributed by atoms with E-state index in [-0.39, 0.29) is 0 Å². The van der Waals surface area contributed by atoms with Crippen LogP contribution in [-0.2, 0) is 9.59 Å². The lowest BCUT2D eigenvalue weighted by Gasteiger charge is -1.89. The first-order chi connectivity index (χ1) is 4.22. The fourth-order valence-electron chi connectivity index (χ4n) is 0.0962. The van der Waals surface area contributed by atoms with Crippen molar-refractivity contribution >= 4 is 12.6 Å². The van der Waals surface area contributed by atoms with Crippen LogP contribution in [0.25, 0.3) is 0 Å². The van der Waals surface area contributed by atoms with Gasteiger partial charge in [-0.05, 0) is 13.3 Å². The topological polar surface area (TPSA) is 54.4 Å². The Balaban J connectivity index is 0. The molecule has 0 aliphatic rings. The summed E-state index contributed by atoms with van der Waals surface area (Å²) >= 11 is 0. The molecule has 0 heterocycles. The van der Waals surface area contributed by atoms with Gasteiger partial charge in [0, 0.05) is 0 Å². The van der Waals surface area contributed by atoms with Gasteiger partial charge in [-0.15, -0.1) is 0 Å². The summed E-state index contributed by atoms with van der Waals surface area (Å²) in [5.74, 6) is 0. The van der Waals surface area contributed by atoms with E-state index in [2.05, 4.69) is 0 Å². The van der Waals surface area contributed by atoms with Crippen molar-refractivity contribution in [1.82, 2.24) is 0 Å². The van der Waals surface area contributed by atoms with E-state index < -0.39 is 6.10 Å². The molecule has 9 heavy (non-hydrogen) atoms. The van der Waals surface area contributed by atoms with Gasteiger partial charge >= 0.3 is 0 Å². The normalized spacial score (nSPS) is 10.6. The summed E-state index contributed by atoms with van der Waals surface area (Å²) in [5, 5.41) is 8.30. The Hall–Kier alpha value is -0.700. The smallest absolute Gasteiger partial charge is 0.148 e. The Morgan fingerprint density at radius 2 is 1.89 bits per heavy atom. The van der Waals surface area contributed by atoms with Gasteiger partial charge in [-0.2, -0.15) is 0 Å². The molecule has 0 aromatic rings. The van der Waals surface area contributed by atoms with E-state index in [9.17, 15) is 4.79 Å². The molecule has 54 valence electrons. The summed E-state index contributed by atoms with van der Waals surface area (Å²) in [6.45, 7) is 3.19. The maximum atomic E-state index is 9.49. The monoisotopic (exact) mass is 132 g/mol. The summed E-state index contributed by atoms with van der Waals surface area (Å²) in [4.78, 5) is 18.3. The lowest BCUT2D eigenvalue weighted by atomic mass is 10.3. The van der Waals surface area contributed by atoms with Crippen molar-refractivity contribution in [2.75, 3.05) is 0 Å². The average molecular weight is 132 g/mol. The van der Waals surface area contributed by atoms with Crippen LogP contribution in [0.3, 0.4) is 0 Å². The number of carbonyl (C=O) groups excluding carboxylic acids is 2. The van der Waals surface area contributed by atoms with Crippen molar-refractivity contribution in [2.45, 2.75) is 26.4 Å². The van der Waals surface area contributed by atoms with E-state index >= 15 is 0 Å². The van der Waals surface area contributed by atoms with Gasteiger partial charge in [0.2, 0.25) is 0 Å². The van der Waals surface area contributed by atoms with Crippen LogP contribution in [0.15, 0.2) is 0 Å². The van der Waals surface area contributed by atoms with E-state index in [1.807, 2.05) is 0 Å². The molecular weight excluding hydrogens is 120 g/mol. The molecule has 1 N–H and O–H groups in total. The molecule has 0 aliphatic carbocycles. The van der Waals surface area contributed by atoms with Gasteiger partial charge in [0.1, 0.15) is 18.7 Å². The highest BCUT2D eigenvalue weighted by molar-refractivity contribution is 5.55. The fourth-order valence-corrected chi connectivity index (χ4v) is 0.0962. The van der Waals surface area contributed by atoms with Gasteiger partial charge in [0.15, 0.2) is 0 Å². The summed E-state index contributed by atoms with van der Waals surface area (Å²) in [7, 11) is 0. The van der Waals surface area contributed by atoms with Gasteiger partial charge in [-0.3, -0.25) is 0 Å². The van der Waals surface area contributed by atoms with Gasteiger partial charge in [0.05, 0.1) is 0 Å². The van der Waals surface area contributed by atoms with Crippen molar-refractivity contribution in [1.29, 1.82) is 0 Å². The van der Waals surface area contributed by atoms with Gasteiger partial charge in [-0.1, -0.05) is 6.92 Å². The molecule has 0 radical (unpaired) electrons. The maximum absolute atomic E-state index is 9.49. The Labute approximate surface area is 54.7 Å². The number of hydrogen-bond acceptors (Lipinski definition) is 3. The van der Waals surface area contributed by atoms with E-state index in [4.69, 9.17) is 9.90 Å². The quantitative estimate of drug-likeness (QED) is 0.544. The summed E-state index contributed by atoms with van der Waals surface area (Å²) < 4.78 is 0. The summed E-state index contributed by atoms with van der Waals surface area (Å²) in [6.07, 6.45) is 1.05. The van der Waals surface area contributed by atoms with Crippen LogP contribution in [0.4, 0.5) is 0 Å². The largest absolute Gasteiger partial charge is 0.386 e. The maximum Gasteiger partial charge on any atom is 0.148 e. The third-order valence-corrected chi connectivity index (χ3v) is 0.575. The highest BCUT2D eigenvalue weighted by atomic mass is 16.3. The molecule has 0 aromatic carbocycles. The Kier molecular flexibility index (Phi) is 12.8. The van der Waals surface area contributed by atoms with Crippen LogP contribution < -0.4 is 0 Å². The molecule has 0 aromatic heterocycles. The minimum Gasteiger partial charge on any atom is -0.386 e. The third-order valence-electron chi connectivity index (χ3n) is 0.575. The molecule has 0 bridgehead atoms. The molecule has 1 unspecified atom stereocenters. The number of aldehydes is 2. The van der Waals surface area contributed by atoms with Crippen LogP contribution in [0.2, 0.25) is 0 Å². The number of rotatable bonds is 2. The second-order valence-corrected chi connectivity index (χ2v) is 1.35. The van der Waals surface area contributed by atoms with Gasteiger partial charge in [0.25, 0.3) is 0 Å². The highest BCUT2D eigenvalue weighted by Gasteiger charge is 1.91.